The molecule has 1 fully saturated rings. The Balaban J connectivity index is 1.90. The summed E-state index contributed by atoms with van der Waals surface area (Å²) in [6, 6.07) is 5.40. The largest absolute Gasteiger partial charge is 0.377 e. The van der Waals surface area contributed by atoms with Gasteiger partial charge >= 0.3 is 0 Å². The molecule has 17 heavy (non-hydrogen) atoms. The fraction of sp³-hybridized carbons (Fsp3) is 0.538. The van der Waals surface area contributed by atoms with Gasteiger partial charge in [0.15, 0.2) is 0 Å². The van der Waals surface area contributed by atoms with E-state index in [0.717, 1.165) is 25.0 Å². The molecular formula is C13H17BrFNO. The van der Waals surface area contributed by atoms with Crippen LogP contribution in [0.5, 0.6) is 0 Å². The first-order chi connectivity index (χ1) is 8.18. The molecule has 0 bridgehead atoms. The quantitative estimate of drug-likeness (QED) is 0.922. The molecule has 1 heterocycles. The lowest BCUT2D eigenvalue weighted by molar-refractivity contribution is 0.0832. The molecule has 0 saturated carbocycles. The van der Waals surface area contributed by atoms with Crippen LogP contribution in [0.4, 0.5) is 4.39 Å². The van der Waals surface area contributed by atoms with Crippen LogP contribution < -0.4 is 5.32 Å². The zero-order chi connectivity index (χ0) is 12.3. The van der Waals surface area contributed by atoms with E-state index in [0.29, 0.717) is 23.2 Å². The maximum atomic E-state index is 13.3. The first-order valence-corrected chi connectivity index (χ1v) is 6.75. The molecule has 0 amide bonds. The van der Waals surface area contributed by atoms with Crippen molar-refractivity contribution >= 4 is 15.9 Å². The van der Waals surface area contributed by atoms with Crippen LogP contribution in [0.25, 0.3) is 0 Å². The molecule has 1 saturated heterocycles. The van der Waals surface area contributed by atoms with Crippen molar-refractivity contribution in [3.63, 3.8) is 0 Å². The van der Waals surface area contributed by atoms with Crippen molar-refractivity contribution in [3.8, 4) is 0 Å². The second-order valence-corrected chi connectivity index (χ2v) is 5.23. The molecule has 1 N–H and O–H groups in total. The van der Waals surface area contributed by atoms with Crippen LogP contribution in [0, 0.1) is 5.82 Å². The van der Waals surface area contributed by atoms with Gasteiger partial charge in [-0.05, 0) is 47.3 Å². The van der Waals surface area contributed by atoms with E-state index in [1.807, 2.05) is 6.07 Å². The van der Waals surface area contributed by atoms with E-state index in [1.165, 1.54) is 6.07 Å². The number of ether oxygens (including phenoxy) is 1. The van der Waals surface area contributed by atoms with Crippen molar-refractivity contribution in [1.29, 1.82) is 0 Å². The summed E-state index contributed by atoms with van der Waals surface area (Å²) in [6.45, 7) is 3.63. The zero-order valence-electron chi connectivity index (χ0n) is 9.88. The lowest BCUT2D eigenvalue weighted by atomic mass is 10.1. The minimum absolute atomic E-state index is 0.214. The van der Waals surface area contributed by atoms with Crippen LogP contribution >= 0.6 is 15.9 Å². The van der Waals surface area contributed by atoms with Gasteiger partial charge in [0.05, 0.1) is 10.6 Å². The van der Waals surface area contributed by atoms with Crippen molar-refractivity contribution in [1.82, 2.24) is 5.32 Å². The predicted molar refractivity (Wildman–Crippen MR) is 69.4 cm³/mol. The summed E-state index contributed by atoms with van der Waals surface area (Å²) in [5, 5.41) is 3.39. The molecule has 0 aliphatic carbocycles. The zero-order valence-corrected chi connectivity index (χ0v) is 11.5. The Bertz CT molecular complexity index is 380. The van der Waals surface area contributed by atoms with Gasteiger partial charge in [-0.3, -0.25) is 0 Å². The van der Waals surface area contributed by atoms with E-state index in [1.54, 1.807) is 6.07 Å². The van der Waals surface area contributed by atoms with Crippen LogP contribution in [-0.2, 0) is 11.3 Å². The van der Waals surface area contributed by atoms with Gasteiger partial charge in [-0.25, -0.2) is 4.39 Å². The number of benzene rings is 1. The number of hydrogen-bond donors (Lipinski definition) is 1. The van der Waals surface area contributed by atoms with E-state index < -0.39 is 0 Å². The molecule has 1 aliphatic rings. The monoisotopic (exact) mass is 301 g/mol. The Morgan fingerprint density at radius 3 is 3.12 bits per heavy atom. The number of nitrogens with one attached hydrogen (secondary N) is 1. The number of hydrogen-bond acceptors (Lipinski definition) is 2. The minimum atomic E-state index is -0.214. The summed E-state index contributed by atoms with van der Waals surface area (Å²) >= 11 is 3.27. The van der Waals surface area contributed by atoms with Gasteiger partial charge in [-0.1, -0.05) is 12.1 Å². The highest BCUT2D eigenvalue weighted by atomic mass is 79.9. The smallest absolute Gasteiger partial charge is 0.137 e. The van der Waals surface area contributed by atoms with Gasteiger partial charge in [0.2, 0.25) is 0 Å². The average molecular weight is 302 g/mol. The highest BCUT2D eigenvalue weighted by Gasteiger charge is 2.21. The summed E-state index contributed by atoms with van der Waals surface area (Å²) in [5.41, 5.74) is 0.940. The van der Waals surface area contributed by atoms with Gasteiger partial charge in [0.1, 0.15) is 5.82 Å². The molecule has 0 radical (unpaired) electrons. The molecule has 2 atom stereocenters. The van der Waals surface area contributed by atoms with E-state index in [4.69, 9.17) is 4.74 Å². The number of rotatable bonds is 4. The Labute approximate surface area is 110 Å². The molecule has 1 aliphatic heterocycles. The summed E-state index contributed by atoms with van der Waals surface area (Å²) in [7, 11) is 0. The Morgan fingerprint density at radius 1 is 1.59 bits per heavy atom. The van der Waals surface area contributed by atoms with Gasteiger partial charge in [0, 0.05) is 19.2 Å². The van der Waals surface area contributed by atoms with Crippen LogP contribution in [0.2, 0.25) is 0 Å². The normalized spacial score (nSPS) is 21.7. The van der Waals surface area contributed by atoms with Gasteiger partial charge in [0.25, 0.3) is 0 Å². The van der Waals surface area contributed by atoms with Crippen molar-refractivity contribution in [3.05, 3.63) is 34.1 Å². The highest BCUT2D eigenvalue weighted by molar-refractivity contribution is 9.10. The van der Waals surface area contributed by atoms with Crippen LogP contribution in [0.1, 0.15) is 25.3 Å². The first-order valence-electron chi connectivity index (χ1n) is 5.96. The maximum absolute atomic E-state index is 13.3. The topological polar surface area (TPSA) is 21.3 Å². The first kappa shape index (κ1) is 13.0. The van der Waals surface area contributed by atoms with E-state index in [-0.39, 0.29) is 5.82 Å². The van der Waals surface area contributed by atoms with E-state index in [9.17, 15) is 4.39 Å². The standard InChI is InChI=1S/C13H17BrFNO/c1-9(12-6-3-7-17-12)16-8-10-4-2-5-11(15)13(10)14/h2,4-5,9,12,16H,3,6-8H2,1H3. The molecule has 2 nitrogen and oxygen atoms in total. The molecule has 0 spiro atoms. The SMILES string of the molecule is CC(NCc1cccc(F)c1Br)C1CCCO1. The predicted octanol–water partition coefficient (Wildman–Crippen LogP) is 3.25. The fourth-order valence-corrected chi connectivity index (χ4v) is 2.49. The average Bonchev–Trinajstić information content (AvgIpc) is 2.84. The van der Waals surface area contributed by atoms with Crippen molar-refractivity contribution in [2.75, 3.05) is 6.61 Å². The summed E-state index contributed by atoms with van der Waals surface area (Å²) in [5.74, 6) is -0.214. The van der Waals surface area contributed by atoms with E-state index >= 15 is 0 Å². The van der Waals surface area contributed by atoms with Gasteiger partial charge in [-0.15, -0.1) is 0 Å². The molecule has 4 heteroatoms. The van der Waals surface area contributed by atoms with Crippen LogP contribution in [0.3, 0.4) is 0 Å². The lowest BCUT2D eigenvalue weighted by Crippen LogP contribution is -2.36. The van der Waals surface area contributed by atoms with Crippen molar-refractivity contribution < 1.29 is 9.13 Å². The van der Waals surface area contributed by atoms with Crippen molar-refractivity contribution in [2.24, 2.45) is 0 Å². The second kappa shape index (κ2) is 5.94. The summed E-state index contributed by atoms with van der Waals surface area (Å²) in [4.78, 5) is 0. The minimum Gasteiger partial charge on any atom is -0.377 e. The van der Waals surface area contributed by atoms with Gasteiger partial charge in [-0.2, -0.15) is 0 Å². The molecular weight excluding hydrogens is 285 g/mol. The van der Waals surface area contributed by atoms with Crippen LogP contribution in [0.15, 0.2) is 22.7 Å². The fourth-order valence-electron chi connectivity index (χ4n) is 2.08. The third-order valence-corrected chi connectivity index (χ3v) is 4.06. The molecule has 0 aromatic heterocycles. The lowest BCUT2D eigenvalue weighted by Gasteiger charge is -2.20. The third kappa shape index (κ3) is 3.27. The Kier molecular flexibility index (Phi) is 4.54. The maximum Gasteiger partial charge on any atom is 0.137 e. The summed E-state index contributed by atoms with van der Waals surface area (Å²) in [6.07, 6.45) is 2.54. The molecule has 94 valence electrons. The van der Waals surface area contributed by atoms with E-state index in [2.05, 4.69) is 28.2 Å². The third-order valence-electron chi connectivity index (χ3n) is 3.17. The molecule has 1 aromatic carbocycles. The highest BCUT2D eigenvalue weighted by Crippen LogP contribution is 2.21. The van der Waals surface area contributed by atoms with Gasteiger partial charge < -0.3 is 10.1 Å². The molecule has 1 aromatic rings. The number of halogens is 2. The molecule has 2 unspecified atom stereocenters. The van der Waals surface area contributed by atoms with Crippen LogP contribution in [-0.4, -0.2) is 18.8 Å². The Hall–Kier alpha value is -0.450. The molecule has 2 rings (SSSR count). The summed E-state index contributed by atoms with van der Waals surface area (Å²) < 4.78 is 19.5. The second-order valence-electron chi connectivity index (χ2n) is 4.43. The van der Waals surface area contributed by atoms with Crippen molar-refractivity contribution in [2.45, 2.75) is 38.5 Å². The Morgan fingerprint density at radius 2 is 2.41 bits per heavy atom.